The molecule has 2 aliphatic rings. The molecule has 0 radical (unpaired) electrons. The second-order valence-corrected chi connectivity index (χ2v) is 11.2. The Morgan fingerprint density at radius 2 is 2.11 bits per heavy atom. The van der Waals surface area contributed by atoms with Crippen LogP contribution in [-0.4, -0.2) is 72.5 Å². The monoisotopic (exact) mass is 497 g/mol. The van der Waals surface area contributed by atoms with Gasteiger partial charge in [-0.15, -0.1) is 0 Å². The maximum Gasteiger partial charge on any atom is 0.255 e. The second kappa shape index (κ2) is 10.4. The Morgan fingerprint density at radius 3 is 2.77 bits per heavy atom. The maximum absolute atomic E-state index is 13.6. The van der Waals surface area contributed by atoms with E-state index in [1.807, 2.05) is 6.92 Å². The van der Waals surface area contributed by atoms with Gasteiger partial charge in [-0.2, -0.15) is 4.31 Å². The van der Waals surface area contributed by atoms with Gasteiger partial charge < -0.3 is 14.7 Å². The summed E-state index contributed by atoms with van der Waals surface area (Å²) >= 11 is 0. The van der Waals surface area contributed by atoms with Crippen molar-refractivity contribution in [2.45, 2.75) is 43.7 Å². The Bertz CT molecular complexity index is 1230. The molecule has 1 aromatic carbocycles. The molecule has 35 heavy (non-hydrogen) atoms. The number of carbonyl (C=O) groups is 1. The highest BCUT2D eigenvalue weighted by atomic mass is 32.2. The van der Waals surface area contributed by atoms with Gasteiger partial charge in [-0.25, -0.2) is 8.42 Å². The van der Waals surface area contributed by atoms with Crippen molar-refractivity contribution in [2.75, 3.05) is 26.7 Å². The zero-order valence-electron chi connectivity index (χ0n) is 20.2. The van der Waals surface area contributed by atoms with Crippen molar-refractivity contribution in [3.63, 3.8) is 0 Å². The Hall–Kier alpha value is -2.93. The average Bonchev–Trinajstić information content (AvgIpc) is 3.69. The summed E-state index contributed by atoms with van der Waals surface area (Å²) < 4.78 is 34.8. The molecule has 1 aromatic heterocycles. The van der Waals surface area contributed by atoms with Gasteiger partial charge in [0.15, 0.2) is 0 Å². The van der Waals surface area contributed by atoms with Gasteiger partial charge in [0.25, 0.3) is 5.91 Å². The third kappa shape index (κ3) is 5.67. The number of likely N-dealkylation sites (N-methyl/N-ethyl adjacent to an activating group) is 1. The van der Waals surface area contributed by atoms with Gasteiger partial charge in [0.1, 0.15) is 16.7 Å². The van der Waals surface area contributed by atoms with E-state index in [4.69, 9.17) is 4.74 Å². The first-order chi connectivity index (χ1) is 16.7. The van der Waals surface area contributed by atoms with Crippen LogP contribution < -0.4 is 4.74 Å². The van der Waals surface area contributed by atoms with Crippen LogP contribution in [0.1, 0.15) is 42.6 Å². The number of amides is 1. The minimum Gasteiger partial charge on any atom is -0.487 e. The van der Waals surface area contributed by atoms with Gasteiger partial charge in [0.2, 0.25) is 10.0 Å². The predicted octanol–water partition coefficient (Wildman–Crippen LogP) is 2.38. The lowest BCUT2D eigenvalue weighted by Gasteiger charge is -2.37. The van der Waals surface area contributed by atoms with Crippen molar-refractivity contribution in [1.29, 1.82) is 0 Å². The van der Waals surface area contributed by atoms with E-state index in [9.17, 15) is 18.3 Å². The van der Waals surface area contributed by atoms with Crippen molar-refractivity contribution in [1.82, 2.24) is 14.2 Å². The normalized spacial score (nSPS) is 22.4. The van der Waals surface area contributed by atoms with Crippen LogP contribution in [0, 0.1) is 23.7 Å². The topological polar surface area (TPSA) is 100 Å². The molecule has 1 aliphatic heterocycles. The lowest BCUT2D eigenvalue weighted by atomic mass is 10.0. The summed E-state index contributed by atoms with van der Waals surface area (Å²) in [7, 11) is -2.23. The van der Waals surface area contributed by atoms with Crippen molar-refractivity contribution in [3.05, 3.63) is 53.9 Å². The van der Waals surface area contributed by atoms with E-state index in [1.165, 1.54) is 16.6 Å². The molecule has 2 heterocycles. The molecule has 1 aliphatic carbocycles. The molecular formula is C26H31N3O5S. The first kappa shape index (κ1) is 25.2. The fourth-order valence-electron chi connectivity index (χ4n) is 4.00. The molecule has 186 valence electrons. The number of ether oxygens (including phenoxy) is 1. The summed E-state index contributed by atoms with van der Waals surface area (Å²) in [6.07, 6.45) is 4.81. The van der Waals surface area contributed by atoms with Gasteiger partial charge in [-0.3, -0.25) is 9.78 Å². The van der Waals surface area contributed by atoms with Crippen LogP contribution in [0.25, 0.3) is 0 Å². The molecule has 1 saturated carbocycles. The van der Waals surface area contributed by atoms with Crippen molar-refractivity contribution in [2.24, 2.45) is 11.8 Å². The molecular weight excluding hydrogens is 466 g/mol. The lowest BCUT2D eigenvalue weighted by molar-refractivity contribution is 0.0563. The molecule has 2 aromatic rings. The van der Waals surface area contributed by atoms with E-state index in [0.717, 1.165) is 12.8 Å². The zero-order chi connectivity index (χ0) is 25.2. The molecule has 0 saturated heterocycles. The third-order valence-corrected chi connectivity index (χ3v) is 8.39. The largest absolute Gasteiger partial charge is 0.487 e. The third-order valence-electron chi connectivity index (χ3n) is 6.37. The van der Waals surface area contributed by atoms with E-state index < -0.39 is 22.2 Å². The smallest absolute Gasteiger partial charge is 0.255 e. The fourth-order valence-corrected chi connectivity index (χ4v) is 5.82. The summed E-state index contributed by atoms with van der Waals surface area (Å²) in [5.41, 5.74) is 1.14. The summed E-state index contributed by atoms with van der Waals surface area (Å²) in [5.74, 6) is 6.46. The van der Waals surface area contributed by atoms with Gasteiger partial charge in [0.05, 0.1) is 18.7 Å². The molecule has 1 amide bonds. The van der Waals surface area contributed by atoms with E-state index >= 15 is 0 Å². The molecule has 1 N–H and O–H groups in total. The van der Waals surface area contributed by atoms with Gasteiger partial charge in [-0.05, 0) is 50.1 Å². The number of pyridine rings is 1. The van der Waals surface area contributed by atoms with E-state index in [1.54, 1.807) is 49.3 Å². The standard InChI is InChI=1S/C26H31N3O5S/c1-18-15-29(19(2)17-30)35(32,33)25-11-10-21(9-8-20-6-7-20)13-23(25)34-24(18)16-28(3)26(31)22-5-4-12-27-14-22/h4-5,10-14,18-20,24,30H,6-7,15-17H2,1-3H3/t18-,19-,24-/m1/s1. The number of sulfonamides is 1. The van der Waals surface area contributed by atoms with E-state index in [2.05, 4.69) is 16.8 Å². The van der Waals surface area contributed by atoms with E-state index in [0.29, 0.717) is 17.0 Å². The highest BCUT2D eigenvalue weighted by molar-refractivity contribution is 7.89. The van der Waals surface area contributed by atoms with Crippen LogP contribution in [-0.2, 0) is 10.0 Å². The van der Waals surface area contributed by atoms with Crippen molar-refractivity contribution < 1.29 is 23.1 Å². The molecule has 0 unspecified atom stereocenters. The predicted molar refractivity (Wildman–Crippen MR) is 131 cm³/mol. The second-order valence-electron chi connectivity index (χ2n) is 9.37. The average molecular weight is 498 g/mol. The number of aliphatic hydroxyl groups is 1. The summed E-state index contributed by atoms with van der Waals surface area (Å²) in [5, 5.41) is 9.78. The molecule has 0 spiro atoms. The van der Waals surface area contributed by atoms with Crippen LogP contribution in [0.5, 0.6) is 5.75 Å². The number of nitrogens with zero attached hydrogens (tertiary/aromatic N) is 3. The fraction of sp³-hybridized carbons (Fsp3) is 0.462. The Morgan fingerprint density at radius 1 is 1.34 bits per heavy atom. The van der Waals surface area contributed by atoms with Crippen molar-refractivity contribution in [3.8, 4) is 17.6 Å². The highest BCUT2D eigenvalue weighted by Gasteiger charge is 2.38. The number of aromatic nitrogens is 1. The summed E-state index contributed by atoms with van der Waals surface area (Å²) in [6.45, 7) is 3.65. The molecule has 9 heteroatoms. The zero-order valence-corrected chi connectivity index (χ0v) is 21.0. The van der Waals surface area contributed by atoms with Crippen molar-refractivity contribution >= 4 is 15.9 Å². The minimum absolute atomic E-state index is 0.0351. The quantitative estimate of drug-likeness (QED) is 0.637. The van der Waals surface area contributed by atoms with Crippen LogP contribution >= 0.6 is 0 Å². The first-order valence-corrected chi connectivity index (χ1v) is 13.2. The summed E-state index contributed by atoms with van der Waals surface area (Å²) in [4.78, 5) is 18.5. The summed E-state index contributed by atoms with van der Waals surface area (Å²) in [6, 6.07) is 7.67. The SMILES string of the molecule is C[C@@H]1CN([C@H](C)CO)S(=O)(=O)c2ccc(C#CC3CC3)cc2O[C@@H]1CN(C)C(=O)c1cccnc1. The Labute approximate surface area is 207 Å². The number of hydrogen-bond acceptors (Lipinski definition) is 6. The first-order valence-electron chi connectivity index (χ1n) is 11.8. The number of benzene rings is 1. The molecule has 1 fully saturated rings. The van der Waals surface area contributed by atoms with Gasteiger partial charge in [-0.1, -0.05) is 18.8 Å². The van der Waals surface area contributed by atoms with Crippen LogP contribution in [0.4, 0.5) is 0 Å². The minimum atomic E-state index is -3.92. The molecule has 0 bridgehead atoms. The number of rotatable bonds is 5. The number of fused-ring (bicyclic) bond motifs is 1. The van der Waals surface area contributed by atoms with Gasteiger partial charge >= 0.3 is 0 Å². The van der Waals surface area contributed by atoms with Crippen LogP contribution in [0.15, 0.2) is 47.6 Å². The highest BCUT2D eigenvalue weighted by Crippen LogP contribution is 2.34. The Kier molecular flexibility index (Phi) is 7.45. The van der Waals surface area contributed by atoms with E-state index in [-0.39, 0.29) is 42.2 Å². The van der Waals surface area contributed by atoms with Crippen LogP contribution in [0.3, 0.4) is 0 Å². The number of carbonyl (C=O) groups excluding carboxylic acids is 1. The molecule has 4 rings (SSSR count). The number of hydrogen-bond donors (Lipinski definition) is 1. The molecule has 3 atom stereocenters. The lowest BCUT2D eigenvalue weighted by Crippen LogP contribution is -2.50. The van der Waals surface area contributed by atoms with Gasteiger partial charge in [0, 0.05) is 49.4 Å². The Balaban J connectivity index is 1.69. The molecule has 8 nitrogen and oxygen atoms in total. The van der Waals surface area contributed by atoms with Crippen LogP contribution in [0.2, 0.25) is 0 Å². The maximum atomic E-state index is 13.6. The number of aliphatic hydroxyl groups excluding tert-OH is 1.